The molecule has 1 aromatic carbocycles. The molecule has 1 N–H and O–H groups in total. The van der Waals surface area contributed by atoms with Crippen molar-refractivity contribution in [3.8, 4) is 5.75 Å². The van der Waals surface area contributed by atoms with Crippen molar-refractivity contribution in [3.63, 3.8) is 0 Å². The predicted octanol–water partition coefficient (Wildman–Crippen LogP) is 4.11. The van der Waals surface area contributed by atoms with Crippen LogP contribution in [-0.2, 0) is 13.1 Å². The molecule has 0 radical (unpaired) electrons. The lowest BCUT2D eigenvalue weighted by Gasteiger charge is -2.37. The number of pyridine rings is 1. The topological polar surface area (TPSA) is 57.7 Å². The van der Waals surface area contributed by atoms with Gasteiger partial charge in [-0.25, -0.2) is 13.6 Å². The number of hydrogen-bond acceptors (Lipinski definition) is 4. The molecular formula is C22H25F5N4O2. The van der Waals surface area contributed by atoms with Crippen molar-refractivity contribution in [1.82, 2.24) is 20.1 Å². The van der Waals surface area contributed by atoms with E-state index in [0.29, 0.717) is 11.3 Å². The minimum atomic E-state index is -4.57. The predicted molar refractivity (Wildman–Crippen MR) is 110 cm³/mol. The third-order valence-electron chi connectivity index (χ3n) is 5.34. The molecule has 1 aromatic heterocycles. The zero-order chi connectivity index (χ0) is 24.0. The molecule has 1 aliphatic rings. The molecule has 0 saturated carbocycles. The molecule has 0 unspecified atom stereocenters. The number of carbonyl (C=O) groups is 1. The Hall–Kier alpha value is -2.95. The molecule has 1 aliphatic heterocycles. The number of alkyl halides is 3. The summed E-state index contributed by atoms with van der Waals surface area (Å²) in [5.74, 6) is -1.94. The van der Waals surface area contributed by atoms with Gasteiger partial charge in [-0.3, -0.25) is 4.98 Å². The maximum Gasteiger partial charge on any atom is 0.422 e. The molecule has 0 atom stereocenters. The highest BCUT2D eigenvalue weighted by Gasteiger charge is 2.29. The standard InChI is InChI=1S/C22H25F5N4O2/c1-30-8-6-18(7-9-30)31(13-17-4-3-16(23)12-28-17)21(32)29-11-15-2-5-20(19(24)10-15)33-14-22(25,26)27/h2-5,10,12,18H,6-9,11,13-14H2,1H3,(H,29,32). The number of rotatable bonds is 7. The molecular weight excluding hydrogens is 447 g/mol. The molecule has 0 bridgehead atoms. The molecule has 1 saturated heterocycles. The molecule has 33 heavy (non-hydrogen) atoms. The maximum absolute atomic E-state index is 14.1. The highest BCUT2D eigenvalue weighted by molar-refractivity contribution is 5.74. The van der Waals surface area contributed by atoms with E-state index in [0.717, 1.165) is 44.3 Å². The van der Waals surface area contributed by atoms with Gasteiger partial charge in [-0.2, -0.15) is 13.2 Å². The fourth-order valence-electron chi connectivity index (χ4n) is 3.56. The Morgan fingerprint density at radius 2 is 1.94 bits per heavy atom. The van der Waals surface area contributed by atoms with E-state index in [4.69, 9.17) is 0 Å². The molecule has 1 fully saturated rings. The summed E-state index contributed by atoms with van der Waals surface area (Å²) in [6.07, 6.45) is -1.98. The van der Waals surface area contributed by atoms with Crippen molar-refractivity contribution in [2.45, 2.75) is 38.1 Å². The van der Waals surface area contributed by atoms with Gasteiger partial charge in [-0.05, 0) is 62.8 Å². The number of urea groups is 1. The van der Waals surface area contributed by atoms with E-state index in [2.05, 4.69) is 19.9 Å². The van der Waals surface area contributed by atoms with Gasteiger partial charge < -0.3 is 19.9 Å². The molecule has 6 nitrogen and oxygen atoms in total. The van der Waals surface area contributed by atoms with Crippen molar-refractivity contribution in [3.05, 3.63) is 59.4 Å². The summed E-state index contributed by atoms with van der Waals surface area (Å²) in [6.45, 7) is 0.184. The first-order valence-electron chi connectivity index (χ1n) is 10.4. The van der Waals surface area contributed by atoms with Crippen LogP contribution in [0.3, 0.4) is 0 Å². The Morgan fingerprint density at radius 1 is 1.21 bits per heavy atom. The molecule has 180 valence electrons. The monoisotopic (exact) mass is 472 g/mol. The Bertz CT molecular complexity index is 931. The normalized spacial score (nSPS) is 15.3. The molecule has 11 heteroatoms. The zero-order valence-electron chi connectivity index (χ0n) is 18.0. The van der Waals surface area contributed by atoms with Gasteiger partial charge in [-0.15, -0.1) is 0 Å². The lowest BCUT2D eigenvalue weighted by molar-refractivity contribution is -0.153. The van der Waals surface area contributed by atoms with Gasteiger partial charge in [0.1, 0.15) is 5.82 Å². The van der Waals surface area contributed by atoms with Gasteiger partial charge >= 0.3 is 12.2 Å². The number of benzene rings is 1. The van der Waals surface area contributed by atoms with Crippen LogP contribution in [-0.4, -0.2) is 59.8 Å². The SMILES string of the molecule is CN1CCC(N(Cc2ccc(F)cn2)C(=O)NCc2ccc(OCC(F)(F)F)c(F)c2)CC1. The third kappa shape index (κ3) is 7.55. The van der Waals surface area contributed by atoms with E-state index in [1.807, 2.05) is 7.05 Å². The molecule has 2 aromatic rings. The van der Waals surface area contributed by atoms with E-state index >= 15 is 0 Å². The van der Waals surface area contributed by atoms with E-state index in [1.54, 1.807) is 4.90 Å². The van der Waals surface area contributed by atoms with E-state index in [-0.39, 0.29) is 19.1 Å². The first kappa shape index (κ1) is 24.7. The number of amides is 2. The van der Waals surface area contributed by atoms with Crippen LogP contribution in [0.1, 0.15) is 24.1 Å². The number of likely N-dealkylation sites (tertiary alicyclic amines) is 1. The summed E-state index contributed by atoms with van der Waals surface area (Å²) in [5.41, 5.74) is 0.895. The summed E-state index contributed by atoms with van der Waals surface area (Å²) in [5, 5.41) is 2.73. The number of piperidine rings is 1. The summed E-state index contributed by atoms with van der Waals surface area (Å²) < 4.78 is 68.5. The summed E-state index contributed by atoms with van der Waals surface area (Å²) >= 11 is 0. The number of hydrogen-bond donors (Lipinski definition) is 1. The van der Waals surface area contributed by atoms with Crippen molar-refractivity contribution in [2.24, 2.45) is 0 Å². The number of ether oxygens (including phenoxy) is 1. The molecule has 2 amide bonds. The molecule has 0 spiro atoms. The Balaban J connectivity index is 1.64. The Labute approximate surface area is 188 Å². The fraction of sp³-hybridized carbons (Fsp3) is 0.455. The summed E-state index contributed by atoms with van der Waals surface area (Å²) in [4.78, 5) is 20.8. The Morgan fingerprint density at radius 3 is 2.55 bits per heavy atom. The van der Waals surface area contributed by atoms with Crippen LogP contribution >= 0.6 is 0 Å². The van der Waals surface area contributed by atoms with Crippen LogP contribution in [0, 0.1) is 11.6 Å². The van der Waals surface area contributed by atoms with Gasteiger partial charge in [0.15, 0.2) is 18.2 Å². The molecule has 0 aliphatic carbocycles. The second-order valence-corrected chi connectivity index (χ2v) is 7.96. The van der Waals surface area contributed by atoms with E-state index in [1.165, 1.54) is 18.2 Å². The van der Waals surface area contributed by atoms with Crippen molar-refractivity contribution >= 4 is 6.03 Å². The van der Waals surface area contributed by atoms with Gasteiger partial charge in [0.05, 0.1) is 18.4 Å². The van der Waals surface area contributed by atoms with Gasteiger partial charge in [0.2, 0.25) is 0 Å². The van der Waals surface area contributed by atoms with Crippen LogP contribution in [0.5, 0.6) is 5.75 Å². The zero-order valence-corrected chi connectivity index (χ0v) is 18.0. The number of nitrogens with one attached hydrogen (secondary N) is 1. The third-order valence-corrected chi connectivity index (χ3v) is 5.34. The maximum atomic E-state index is 14.1. The number of nitrogens with zero attached hydrogens (tertiary/aromatic N) is 3. The van der Waals surface area contributed by atoms with Crippen LogP contribution in [0.4, 0.5) is 26.7 Å². The summed E-state index contributed by atoms with van der Waals surface area (Å²) in [6, 6.07) is 5.85. The first-order chi connectivity index (χ1) is 15.6. The van der Waals surface area contributed by atoms with Crippen molar-refractivity contribution in [2.75, 3.05) is 26.7 Å². The molecule has 2 heterocycles. The quantitative estimate of drug-likeness (QED) is 0.617. The largest absolute Gasteiger partial charge is 0.481 e. The summed E-state index contributed by atoms with van der Waals surface area (Å²) in [7, 11) is 2.00. The second kappa shape index (κ2) is 10.8. The first-order valence-corrected chi connectivity index (χ1v) is 10.4. The van der Waals surface area contributed by atoms with Crippen LogP contribution in [0.25, 0.3) is 0 Å². The lowest BCUT2D eigenvalue weighted by atomic mass is 10.0. The second-order valence-electron chi connectivity index (χ2n) is 7.96. The van der Waals surface area contributed by atoms with Gasteiger partial charge in [0, 0.05) is 12.6 Å². The minimum Gasteiger partial charge on any atom is -0.481 e. The van der Waals surface area contributed by atoms with Crippen LogP contribution in [0.2, 0.25) is 0 Å². The fourth-order valence-corrected chi connectivity index (χ4v) is 3.56. The highest BCUT2D eigenvalue weighted by atomic mass is 19.4. The lowest BCUT2D eigenvalue weighted by Crippen LogP contribution is -2.49. The smallest absolute Gasteiger partial charge is 0.422 e. The molecule has 3 rings (SSSR count). The highest BCUT2D eigenvalue weighted by Crippen LogP contribution is 2.23. The van der Waals surface area contributed by atoms with Gasteiger partial charge in [0.25, 0.3) is 0 Å². The van der Waals surface area contributed by atoms with Crippen LogP contribution < -0.4 is 10.1 Å². The number of halogens is 5. The van der Waals surface area contributed by atoms with Crippen LogP contribution in [0.15, 0.2) is 36.5 Å². The van der Waals surface area contributed by atoms with Crippen molar-refractivity contribution < 1.29 is 31.5 Å². The number of carbonyl (C=O) groups excluding carboxylic acids is 1. The Kier molecular flexibility index (Phi) is 8.06. The average molecular weight is 472 g/mol. The van der Waals surface area contributed by atoms with E-state index in [9.17, 15) is 26.7 Å². The number of aromatic nitrogens is 1. The average Bonchev–Trinajstić information content (AvgIpc) is 2.76. The van der Waals surface area contributed by atoms with E-state index < -0.39 is 36.2 Å². The van der Waals surface area contributed by atoms with Gasteiger partial charge in [-0.1, -0.05) is 6.07 Å². The van der Waals surface area contributed by atoms with Crippen molar-refractivity contribution in [1.29, 1.82) is 0 Å². The minimum absolute atomic E-state index is 0.0325.